The van der Waals surface area contributed by atoms with Gasteiger partial charge in [-0.1, -0.05) is 24.3 Å². The van der Waals surface area contributed by atoms with Crippen LogP contribution in [0, 0.1) is 22.0 Å². The molecule has 0 bridgehead atoms. The molecule has 238 valence electrons. The Morgan fingerprint density at radius 3 is 2.00 bits per heavy atom. The number of Topliss-reactive ketones (excluding diaryl/α,β-unsaturated/α-hetero) is 1. The summed E-state index contributed by atoms with van der Waals surface area (Å²) in [4.78, 5) is 52.9. The summed E-state index contributed by atoms with van der Waals surface area (Å²) in [5, 5.41) is 39.5. The standard InChI is InChI=1S/C32H35N3O10/c1-5-44-23-13-9-7-11-19(23)33-30(38)27-22(36)17-32(3,40)28(31(39)34-20-12-8-10-14-24(20)45-6-2)26(27)18-15-21(35(41)42)29(37)25(16-18)43-4/h7-16,26-28,37,40H,5-6,17H2,1-4H3,(H,33,38)(H,34,39). The number of nitro groups is 1. The average Bonchev–Trinajstić information content (AvgIpc) is 2.98. The number of amides is 2. The SMILES string of the molecule is CCOc1ccccc1NC(=O)C1C(=O)CC(C)(O)C(C(=O)Nc2ccccc2OCC)C1c1cc(OC)c(O)c([N+](=O)[O-])c1. The van der Waals surface area contributed by atoms with Crippen molar-refractivity contribution in [2.75, 3.05) is 31.0 Å². The number of nitrogens with zero attached hydrogens (tertiary/aromatic N) is 1. The van der Waals surface area contributed by atoms with Crippen LogP contribution in [-0.2, 0) is 14.4 Å². The van der Waals surface area contributed by atoms with Crippen molar-refractivity contribution in [1.29, 1.82) is 0 Å². The van der Waals surface area contributed by atoms with E-state index in [4.69, 9.17) is 14.2 Å². The molecule has 3 aromatic rings. The number of para-hydroxylation sites is 4. The molecule has 0 spiro atoms. The predicted molar refractivity (Wildman–Crippen MR) is 164 cm³/mol. The highest BCUT2D eigenvalue weighted by molar-refractivity contribution is 6.11. The molecule has 2 amide bonds. The third kappa shape index (κ3) is 6.83. The molecule has 3 aromatic carbocycles. The van der Waals surface area contributed by atoms with Gasteiger partial charge < -0.3 is 35.1 Å². The highest BCUT2D eigenvalue weighted by Gasteiger charge is 2.56. The molecule has 13 heteroatoms. The molecule has 4 unspecified atom stereocenters. The number of aliphatic hydroxyl groups is 1. The number of ether oxygens (including phenoxy) is 3. The number of benzene rings is 3. The van der Waals surface area contributed by atoms with Gasteiger partial charge in [0.25, 0.3) is 0 Å². The fourth-order valence-electron chi connectivity index (χ4n) is 5.72. The first-order valence-electron chi connectivity index (χ1n) is 14.3. The van der Waals surface area contributed by atoms with Gasteiger partial charge in [-0.05, 0) is 56.7 Å². The molecule has 1 aliphatic rings. The number of nitrogens with one attached hydrogen (secondary N) is 2. The van der Waals surface area contributed by atoms with E-state index in [1.807, 2.05) is 0 Å². The van der Waals surface area contributed by atoms with E-state index in [0.717, 1.165) is 6.07 Å². The van der Waals surface area contributed by atoms with Crippen molar-refractivity contribution in [3.8, 4) is 23.0 Å². The van der Waals surface area contributed by atoms with E-state index in [2.05, 4.69) is 10.6 Å². The average molecular weight is 622 g/mol. The van der Waals surface area contributed by atoms with Gasteiger partial charge in [0.15, 0.2) is 5.75 Å². The number of anilines is 2. The number of carbonyl (C=O) groups excluding carboxylic acids is 3. The Balaban J connectivity index is 1.89. The summed E-state index contributed by atoms with van der Waals surface area (Å²) >= 11 is 0. The highest BCUT2D eigenvalue weighted by Crippen LogP contribution is 2.50. The second-order valence-corrected chi connectivity index (χ2v) is 10.7. The first-order chi connectivity index (χ1) is 21.4. The lowest BCUT2D eigenvalue weighted by molar-refractivity contribution is -0.386. The van der Waals surface area contributed by atoms with Crippen molar-refractivity contribution >= 4 is 34.7 Å². The fourth-order valence-corrected chi connectivity index (χ4v) is 5.72. The van der Waals surface area contributed by atoms with Gasteiger partial charge in [-0.25, -0.2) is 0 Å². The molecular weight excluding hydrogens is 586 g/mol. The zero-order valence-electron chi connectivity index (χ0n) is 25.2. The number of ketones is 1. The van der Waals surface area contributed by atoms with Crippen LogP contribution in [0.2, 0.25) is 0 Å². The van der Waals surface area contributed by atoms with E-state index in [0.29, 0.717) is 24.7 Å². The van der Waals surface area contributed by atoms with Crippen LogP contribution in [0.5, 0.6) is 23.0 Å². The minimum absolute atomic E-state index is 0.0545. The number of hydrogen-bond donors (Lipinski definition) is 4. The van der Waals surface area contributed by atoms with Gasteiger partial charge in [0.2, 0.25) is 17.6 Å². The predicted octanol–water partition coefficient (Wildman–Crippen LogP) is 4.42. The summed E-state index contributed by atoms with van der Waals surface area (Å²) < 4.78 is 16.4. The maximum atomic E-state index is 14.1. The summed E-state index contributed by atoms with van der Waals surface area (Å²) in [6.07, 6.45) is -0.572. The van der Waals surface area contributed by atoms with Gasteiger partial charge in [-0.3, -0.25) is 24.5 Å². The third-order valence-corrected chi connectivity index (χ3v) is 7.60. The lowest BCUT2D eigenvalue weighted by Crippen LogP contribution is -2.56. The number of rotatable bonds is 11. The normalized spacial score (nSPS) is 21.0. The maximum Gasteiger partial charge on any atom is 0.314 e. The minimum Gasteiger partial charge on any atom is -0.500 e. The Morgan fingerprint density at radius 2 is 1.49 bits per heavy atom. The topological polar surface area (TPSA) is 187 Å². The van der Waals surface area contributed by atoms with E-state index in [9.17, 15) is 34.7 Å². The van der Waals surface area contributed by atoms with Crippen LogP contribution in [0.25, 0.3) is 0 Å². The van der Waals surface area contributed by atoms with Gasteiger partial charge in [0, 0.05) is 18.4 Å². The van der Waals surface area contributed by atoms with Crippen LogP contribution in [0.3, 0.4) is 0 Å². The molecule has 45 heavy (non-hydrogen) atoms. The van der Waals surface area contributed by atoms with Crippen molar-refractivity contribution in [3.63, 3.8) is 0 Å². The summed E-state index contributed by atoms with van der Waals surface area (Å²) in [6.45, 7) is 5.42. The first kappa shape index (κ1) is 32.7. The third-order valence-electron chi connectivity index (χ3n) is 7.60. The second kappa shape index (κ2) is 13.6. The van der Waals surface area contributed by atoms with Gasteiger partial charge in [0.05, 0.1) is 48.1 Å². The lowest BCUT2D eigenvalue weighted by Gasteiger charge is -2.44. The number of aromatic hydroxyl groups is 1. The van der Waals surface area contributed by atoms with Crippen molar-refractivity contribution in [3.05, 3.63) is 76.3 Å². The first-order valence-corrected chi connectivity index (χ1v) is 14.3. The van der Waals surface area contributed by atoms with E-state index in [1.165, 1.54) is 20.1 Å². The summed E-state index contributed by atoms with van der Waals surface area (Å²) in [6, 6.07) is 15.3. The van der Waals surface area contributed by atoms with Gasteiger partial charge in [0.1, 0.15) is 23.2 Å². The number of phenols is 1. The molecule has 0 radical (unpaired) electrons. The van der Waals surface area contributed by atoms with Crippen molar-refractivity contribution in [2.45, 2.75) is 38.7 Å². The smallest absolute Gasteiger partial charge is 0.314 e. The highest BCUT2D eigenvalue weighted by atomic mass is 16.6. The number of hydrogen-bond acceptors (Lipinski definition) is 10. The molecule has 0 heterocycles. The van der Waals surface area contributed by atoms with Crippen LogP contribution < -0.4 is 24.8 Å². The van der Waals surface area contributed by atoms with Crippen molar-refractivity contribution < 1.29 is 43.7 Å². The van der Waals surface area contributed by atoms with Gasteiger partial charge in [-0.2, -0.15) is 0 Å². The fraction of sp³-hybridized carbons (Fsp3) is 0.344. The van der Waals surface area contributed by atoms with E-state index < -0.39 is 63.7 Å². The second-order valence-electron chi connectivity index (χ2n) is 10.7. The van der Waals surface area contributed by atoms with E-state index in [1.54, 1.807) is 62.4 Å². The molecule has 0 saturated heterocycles. The van der Waals surface area contributed by atoms with Crippen LogP contribution in [0.4, 0.5) is 17.1 Å². The Hall–Kier alpha value is -5.17. The number of methoxy groups -OCH3 is 1. The van der Waals surface area contributed by atoms with Crippen molar-refractivity contribution in [1.82, 2.24) is 0 Å². The molecule has 4 rings (SSSR count). The molecule has 4 N–H and O–H groups in total. The molecular formula is C32H35N3O10. The van der Waals surface area contributed by atoms with Gasteiger partial charge >= 0.3 is 5.69 Å². The van der Waals surface area contributed by atoms with E-state index in [-0.39, 0.29) is 22.7 Å². The molecule has 4 atom stereocenters. The number of carbonyl (C=O) groups is 3. The monoisotopic (exact) mass is 621 g/mol. The summed E-state index contributed by atoms with van der Waals surface area (Å²) in [5.74, 6) is -7.27. The lowest BCUT2D eigenvalue weighted by atomic mass is 9.61. The molecule has 1 saturated carbocycles. The molecule has 1 fully saturated rings. The van der Waals surface area contributed by atoms with Gasteiger partial charge in [-0.15, -0.1) is 0 Å². The zero-order chi connectivity index (χ0) is 32.9. The minimum atomic E-state index is -2.01. The Kier molecular flexibility index (Phi) is 9.92. The summed E-state index contributed by atoms with van der Waals surface area (Å²) in [5.41, 5.74) is -2.30. The molecule has 1 aliphatic carbocycles. The quantitative estimate of drug-likeness (QED) is 0.136. The largest absolute Gasteiger partial charge is 0.500 e. The number of nitro benzene ring substituents is 1. The Bertz CT molecular complexity index is 1610. The Morgan fingerprint density at radius 1 is 0.956 bits per heavy atom. The molecule has 0 aromatic heterocycles. The molecule has 0 aliphatic heterocycles. The zero-order valence-corrected chi connectivity index (χ0v) is 25.2. The van der Waals surface area contributed by atoms with Crippen LogP contribution in [0.15, 0.2) is 60.7 Å². The Labute approximate surface area is 259 Å². The van der Waals surface area contributed by atoms with Crippen LogP contribution >= 0.6 is 0 Å². The van der Waals surface area contributed by atoms with E-state index >= 15 is 0 Å². The molecule has 13 nitrogen and oxygen atoms in total. The number of phenolic OH excluding ortho intramolecular Hbond substituents is 1. The maximum absolute atomic E-state index is 14.1. The van der Waals surface area contributed by atoms with Crippen molar-refractivity contribution in [2.24, 2.45) is 11.8 Å². The van der Waals surface area contributed by atoms with Crippen LogP contribution in [0.1, 0.15) is 38.7 Å². The van der Waals surface area contributed by atoms with Crippen LogP contribution in [-0.4, -0.2) is 58.7 Å². The summed E-state index contributed by atoms with van der Waals surface area (Å²) in [7, 11) is 1.18.